The van der Waals surface area contributed by atoms with Crippen LogP contribution in [0, 0.1) is 11.8 Å². The van der Waals surface area contributed by atoms with Gasteiger partial charge in [0.2, 0.25) is 0 Å². The molecule has 0 saturated carbocycles. The highest BCUT2D eigenvalue weighted by molar-refractivity contribution is 14.0. The van der Waals surface area contributed by atoms with Crippen molar-refractivity contribution in [3.63, 3.8) is 0 Å². The molecule has 2 N–H and O–H groups in total. The number of likely N-dealkylation sites (tertiary alicyclic amines) is 1. The summed E-state index contributed by atoms with van der Waals surface area (Å²) in [6, 6.07) is 10.1. The Morgan fingerprint density at radius 3 is 2.79 bits per heavy atom. The van der Waals surface area contributed by atoms with Gasteiger partial charge in [0.25, 0.3) is 0 Å². The lowest BCUT2D eigenvalue weighted by molar-refractivity contribution is -0.145. The third-order valence-electron chi connectivity index (χ3n) is 4.84. The van der Waals surface area contributed by atoms with Gasteiger partial charge in [0.05, 0.1) is 24.9 Å². The van der Waals surface area contributed by atoms with E-state index in [4.69, 9.17) is 9.73 Å². The molecule has 3 rings (SSSR count). The van der Waals surface area contributed by atoms with E-state index in [1.165, 1.54) is 7.11 Å². The number of esters is 1. The lowest BCUT2D eigenvalue weighted by Gasteiger charge is -2.21. The zero-order chi connectivity index (χ0) is 19.2. The largest absolute Gasteiger partial charge is 0.469 e. The van der Waals surface area contributed by atoms with Crippen molar-refractivity contribution < 1.29 is 9.53 Å². The average molecular weight is 497 g/mol. The lowest BCUT2D eigenvalue weighted by Crippen LogP contribution is -2.40. The molecule has 2 unspecified atom stereocenters. The number of hydrogen-bond acceptors (Lipinski definition) is 4. The molecule has 0 radical (unpaired) electrons. The van der Waals surface area contributed by atoms with Crippen LogP contribution in [0.2, 0.25) is 0 Å². The number of aliphatic imine (C=N–C) groups is 1. The second kappa shape index (κ2) is 10.4. The predicted molar refractivity (Wildman–Crippen MR) is 120 cm³/mol. The predicted octanol–water partition coefficient (Wildman–Crippen LogP) is 2.90. The van der Waals surface area contributed by atoms with Crippen molar-refractivity contribution in [3.8, 4) is 11.3 Å². The molecule has 8 heteroatoms. The second-order valence-corrected chi connectivity index (χ2v) is 6.79. The summed E-state index contributed by atoms with van der Waals surface area (Å²) in [6.07, 6.45) is 1.83. The molecule has 1 saturated heterocycles. The van der Waals surface area contributed by atoms with Crippen molar-refractivity contribution in [1.29, 1.82) is 0 Å². The van der Waals surface area contributed by atoms with Gasteiger partial charge in [-0.1, -0.05) is 37.3 Å². The number of aromatic nitrogens is 2. The molecule has 1 aromatic carbocycles. The molecule has 0 bridgehead atoms. The standard InChI is InChI=1S/C20H27N5O2.HI/c1-4-21-20(25-12-14(2)16(13-25)19(26)27-3)23-11-18-22-10-17(24-18)15-8-6-5-7-9-15;/h5-10,14,16H,4,11-13H2,1-3H3,(H,21,23)(H,22,24);1H. The highest BCUT2D eigenvalue weighted by Gasteiger charge is 2.36. The summed E-state index contributed by atoms with van der Waals surface area (Å²) >= 11 is 0. The van der Waals surface area contributed by atoms with Crippen LogP contribution in [0.1, 0.15) is 19.7 Å². The first kappa shape index (κ1) is 22.2. The zero-order valence-corrected chi connectivity index (χ0v) is 18.8. The van der Waals surface area contributed by atoms with E-state index in [1.807, 2.05) is 43.5 Å². The highest BCUT2D eigenvalue weighted by Crippen LogP contribution is 2.24. The Hall–Kier alpha value is -2.10. The number of carbonyl (C=O) groups is 1. The maximum absolute atomic E-state index is 11.9. The molecule has 0 aliphatic carbocycles. The second-order valence-electron chi connectivity index (χ2n) is 6.79. The molecular formula is C20H28IN5O2. The summed E-state index contributed by atoms with van der Waals surface area (Å²) in [7, 11) is 1.44. The molecule has 1 aliphatic rings. The molecule has 2 atom stereocenters. The van der Waals surface area contributed by atoms with Crippen LogP contribution in [0.4, 0.5) is 0 Å². The maximum Gasteiger partial charge on any atom is 0.310 e. The summed E-state index contributed by atoms with van der Waals surface area (Å²) in [5.41, 5.74) is 2.08. The number of guanidine groups is 1. The number of H-pyrrole nitrogens is 1. The summed E-state index contributed by atoms with van der Waals surface area (Å²) in [5.74, 6) is 1.57. The molecular weight excluding hydrogens is 469 g/mol. The van der Waals surface area contributed by atoms with Crippen LogP contribution in [0.3, 0.4) is 0 Å². The van der Waals surface area contributed by atoms with Gasteiger partial charge >= 0.3 is 5.97 Å². The van der Waals surface area contributed by atoms with Crippen molar-refractivity contribution >= 4 is 35.9 Å². The maximum atomic E-state index is 11.9. The van der Waals surface area contributed by atoms with Gasteiger partial charge < -0.3 is 19.9 Å². The molecule has 0 spiro atoms. The molecule has 1 fully saturated rings. The van der Waals surface area contributed by atoms with Crippen LogP contribution < -0.4 is 5.32 Å². The average Bonchev–Trinajstić information content (AvgIpc) is 3.32. The van der Waals surface area contributed by atoms with Gasteiger partial charge in [0, 0.05) is 19.6 Å². The van der Waals surface area contributed by atoms with E-state index in [0.29, 0.717) is 13.1 Å². The lowest BCUT2D eigenvalue weighted by atomic mass is 9.99. The van der Waals surface area contributed by atoms with E-state index in [0.717, 1.165) is 36.1 Å². The molecule has 2 aromatic rings. The Labute approximate surface area is 183 Å². The van der Waals surface area contributed by atoms with Crippen molar-refractivity contribution in [2.75, 3.05) is 26.7 Å². The van der Waals surface area contributed by atoms with E-state index < -0.39 is 0 Å². The minimum Gasteiger partial charge on any atom is -0.469 e. The Morgan fingerprint density at radius 1 is 1.36 bits per heavy atom. The molecule has 1 aliphatic heterocycles. The van der Waals surface area contributed by atoms with Crippen molar-refractivity contribution in [3.05, 3.63) is 42.4 Å². The fourth-order valence-electron chi connectivity index (χ4n) is 3.38. The van der Waals surface area contributed by atoms with Crippen molar-refractivity contribution in [2.24, 2.45) is 16.8 Å². The number of carbonyl (C=O) groups excluding carboxylic acids is 1. The van der Waals surface area contributed by atoms with E-state index in [2.05, 4.69) is 27.1 Å². The topological polar surface area (TPSA) is 82.6 Å². The third-order valence-corrected chi connectivity index (χ3v) is 4.84. The minimum atomic E-state index is -0.153. The summed E-state index contributed by atoms with van der Waals surface area (Å²) in [5, 5.41) is 3.31. The van der Waals surface area contributed by atoms with Gasteiger partial charge in [-0.3, -0.25) is 4.79 Å². The van der Waals surface area contributed by atoms with E-state index in [9.17, 15) is 4.79 Å². The number of halogens is 1. The number of aromatic amines is 1. The molecule has 7 nitrogen and oxygen atoms in total. The van der Waals surface area contributed by atoms with Gasteiger partial charge in [-0.05, 0) is 18.4 Å². The Balaban J connectivity index is 0.00000280. The Morgan fingerprint density at radius 2 is 2.11 bits per heavy atom. The highest BCUT2D eigenvalue weighted by atomic mass is 127. The van der Waals surface area contributed by atoms with Gasteiger partial charge in [0.15, 0.2) is 5.96 Å². The minimum absolute atomic E-state index is 0. The first-order valence-electron chi connectivity index (χ1n) is 9.32. The number of methoxy groups -OCH3 is 1. The van der Waals surface area contributed by atoms with E-state index in [-0.39, 0.29) is 41.8 Å². The normalized spacial score (nSPS) is 19.2. The van der Waals surface area contributed by atoms with E-state index >= 15 is 0 Å². The Kier molecular flexibility index (Phi) is 8.28. The molecule has 2 heterocycles. The molecule has 152 valence electrons. The SMILES string of the molecule is CCNC(=NCc1ncc(-c2ccccc2)[nH]1)N1CC(C)C(C(=O)OC)C1.I. The Bertz CT molecular complexity index is 793. The monoisotopic (exact) mass is 497 g/mol. The number of imidazole rings is 1. The van der Waals surface area contributed by atoms with Crippen LogP contribution in [-0.2, 0) is 16.1 Å². The quantitative estimate of drug-likeness (QED) is 0.288. The number of hydrogen-bond donors (Lipinski definition) is 2. The molecule has 28 heavy (non-hydrogen) atoms. The van der Waals surface area contributed by atoms with Crippen LogP contribution in [-0.4, -0.2) is 53.5 Å². The van der Waals surface area contributed by atoms with Crippen molar-refractivity contribution in [1.82, 2.24) is 20.2 Å². The summed E-state index contributed by atoms with van der Waals surface area (Å²) < 4.78 is 4.93. The van der Waals surface area contributed by atoms with Crippen LogP contribution in [0.25, 0.3) is 11.3 Å². The summed E-state index contributed by atoms with van der Waals surface area (Å²) in [4.78, 5) is 26.5. The zero-order valence-electron chi connectivity index (χ0n) is 16.5. The first-order chi connectivity index (χ1) is 13.1. The van der Waals surface area contributed by atoms with Gasteiger partial charge in [-0.25, -0.2) is 9.98 Å². The van der Waals surface area contributed by atoms with Crippen molar-refractivity contribution in [2.45, 2.75) is 20.4 Å². The smallest absolute Gasteiger partial charge is 0.310 e. The van der Waals surface area contributed by atoms with Gasteiger partial charge in [0.1, 0.15) is 12.4 Å². The first-order valence-corrected chi connectivity index (χ1v) is 9.32. The molecule has 0 amide bonds. The van der Waals surface area contributed by atoms with Crippen LogP contribution in [0.5, 0.6) is 0 Å². The number of ether oxygens (including phenoxy) is 1. The molecule has 1 aromatic heterocycles. The number of nitrogens with zero attached hydrogens (tertiary/aromatic N) is 3. The fourth-order valence-corrected chi connectivity index (χ4v) is 3.38. The number of nitrogens with one attached hydrogen (secondary N) is 2. The summed E-state index contributed by atoms with van der Waals surface area (Å²) in [6.45, 7) is 6.71. The van der Waals surface area contributed by atoms with Crippen LogP contribution >= 0.6 is 24.0 Å². The van der Waals surface area contributed by atoms with Crippen LogP contribution in [0.15, 0.2) is 41.5 Å². The van der Waals surface area contributed by atoms with E-state index in [1.54, 1.807) is 0 Å². The fraction of sp³-hybridized carbons (Fsp3) is 0.450. The van der Waals surface area contributed by atoms with Gasteiger partial charge in [-0.15, -0.1) is 24.0 Å². The third kappa shape index (κ3) is 5.24. The van der Waals surface area contributed by atoms with Gasteiger partial charge in [-0.2, -0.15) is 0 Å². The number of benzene rings is 1. The number of rotatable bonds is 5.